The zero-order valence-corrected chi connectivity index (χ0v) is 32.4. The van der Waals surface area contributed by atoms with Crippen LogP contribution < -0.4 is 18.9 Å². The molecule has 8 bridgehead atoms. The normalized spacial score (nSPS) is 34.9. The van der Waals surface area contributed by atoms with Gasteiger partial charge in [-0.3, -0.25) is 0 Å². The molecule has 6 unspecified atom stereocenters. The number of benzene rings is 2. The number of rotatable bonds is 15. The van der Waals surface area contributed by atoms with Crippen molar-refractivity contribution in [2.75, 3.05) is 26.4 Å². The predicted molar refractivity (Wildman–Crippen MR) is 212 cm³/mol. The van der Waals surface area contributed by atoms with E-state index in [0.29, 0.717) is 38.3 Å². The molecular formula is C48H62O4. The molecule has 8 aliphatic rings. The van der Waals surface area contributed by atoms with Gasteiger partial charge in [-0.15, -0.1) is 0 Å². The largest absolute Gasteiger partial charge is 0.489 e. The SMILES string of the molecule is C=C(C)COc1ccc(C23CC4CC(CC(C4)C2C2C4CC5CC(C4)CC2(c2ccc(OCC(=C)C)cc2OCC(=C)C)C5)C3)c(OCC(=C)C)c1. The summed E-state index contributed by atoms with van der Waals surface area (Å²) in [4.78, 5) is 0. The molecule has 8 fully saturated rings. The van der Waals surface area contributed by atoms with Crippen LogP contribution in [0.2, 0.25) is 0 Å². The summed E-state index contributed by atoms with van der Waals surface area (Å²) >= 11 is 0. The lowest BCUT2D eigenvalue weighted by Crippen LogP contribution is -2.65. The molecule has 2 aromatic carbocycles. The third-order valence-corrected chi connectivity index (χ3v) is 14.1. The number of ether oxygens (including phenoxy) is 4. The fraction of sp³-hybridized carbons (Fsp3) is 0.583. The van der Waals surface area contributed by atoms with Gasteiger partial charge < -0.3 is 18.9 Å². The van der Waals surface area contributed by atoms with Crippen LogP contribution >= 0.6 is 0 Å². The van der Waals surface area contributed by atoms with Crippen molar-refractivity contribution < 1.29 is 18.9 Å². The summed E-state index contributed by atoms with van der Waals surface area (Å²) < 4.78 is 26.0. The van der Waals surface area contributed by atoms with Crippen molar-refractivity contribution in [2.45, 2.75) is 103 Å². The maximum absolute atomic E-state index is 6.78. The summed E-state index contributed by atoms with van der Waals surface area (Å²) in [5, 5.41) is 0. The summed E-state index contributed by atoms with van der Waals surface area (Å²) in [6, 6.07) is 13.7. The van der Waals surface area contributed by atoms with E-state index in [1.165, 1.54) is 75.3 Å². The lowest BCUT2D eigenvalue weighted by Gasteiger charge is -2.71. The number of fused-ring (bicyclic) bond motifs is 1. The quantitative estimate of drug-likeness (QED) is 0.173. The van der Waals surface area contributed by atoms with Crippen LogP contribution in [-0.2, 0) is 10.8 Å². The van der Waals surface area contributed by atoms with Gasteiger partial charge in [0.15, 0.2) is 0 Å². The fourth-order valence-corrected chi connectivity index (χ4v) is 13.3. The molecule has 0 spiro atoms. The van der Waals surface area contributed by atoms with E-state index in [0.717, 1.165) is 80.8 Å². The van der Waals surface area contributed by atoms with E-state index in [2.05, 4.69) is 76.6 Å². The smallest absolute Gasteiger partial charge is 0.127 e. The maximum atomic E-state index is 6.78. The van der Waals surface area contributed by atoms with Gasteiger partial charge >= 0.3 is 0 Å². The monoisotopic (exact) mass is 702 g/mol. The van der Waals surface area contributed by atoms with Gasteiger partial charge in [0, 0.05) is 34.1 Å². The second-order valence-electron chi connectivity index (χ2n) is 18.9. The Kier molecular flexibility index (Phi) is 9.44. The summed E-state index contributed by atoms with van der Waals surface area (Å²) in [5.41, 5.74) is 7.16. The molecule has 4 nitrogen and oxygen atoms in total. The van der Waals surface area contributed by atoms with Gasteiger partial charge in [-0.25, -0.2) is 0 Å². The van der Waals surface area contributed by atoms with Crippen LogP contribution in [-0.4, -0.2) is 26.4 Å². The lowest BCUT2D eigenvalue weighted by molar-refractivity contribution is -0.164. The molecule has 0 N–H and O–H groups in total. The Hall–Kier alpha value is -3.40. The highest BCUT2D eigenvalue weighted by molar-refractivity contribution is 5.51. The van der Waals surface area contributed by atoms with Gasteiger partial charge in [0.2, 0.25) is 0 Å². The van der Waals surface area contributed by atoms with Crippen LogP contribution in [0.4, 0.5) is 0 Å². The standard InChI is InChI=1S/C48H62O4/c1-29(2)25-49-39-9-11-41(43(19-39)51-27-31(5)6)47-21-33-13-34(22-47)16-37(15-33)45(47)46-38-17-35-14-36(18-38)24-48(46,23-35)42-12-10-40(50-26-30(3)4)20-44(42)52-28-32(7)8/h9-12,19-20,33-38,45-46H,1,3,5,7,13-18,21-28H2,2,4,6,8H3. The van der Waals surface area contributed by atoms with Crippen LogP contribution in [0.25, 0.3) is 0 Å². The van der Waals surface area contributed by atoms with Crippen molar-refractivity contribution in [2.24, 2.45) is 47.3 Å². The minimum Gasteiger partial charge on any atom is -0.489 e. The highest BCUT2D eigenvalue weighted by Gasteiger charge is 2.68. The topological polar surface area (TPSA) is 36.9 Å². The average molecular weight is 703 g/mol. The third kappa shape index (κ3) is 6.45. The van der Waals surface area contributed by atoms with Gasteiger partial charge in [-0.2, -0.15) is 0 Å². The second-order valence-corrected chi connectivity index (χ2v) is 18.9. The Morgan fingerprint density at radius 1 is 0.500 bits per heavy atom. The Balaban J connectivity index is 1.27. The van der Waals surface area contributed by atoms with Gasteiger partial charge in [0.05, 0.1) is 0 Å². The Morgan fingerprint density at radius 3 is 1.15 bits per heavy atom. The van der Waals surface area contributed by atoms with Crippen LogP contribution in [0.5, 0.6) is 23.0 Å². The zero-order chi connectivity index (χ0) is 36.4. The first-order chi connectivity index (χ1) is 24.9. The Labute approximate surface area is 313 Å². The molecule has 0 aromatic heterocycles. The maximum Gasteiger partial charge on any atom is 0.127 e. The molecule has 10 rings (SSSR count). The molecular weight excluding hydrogens is 641 g/mol. The van der Waals surface area contributed by atoms with Crippen molar-refractivity contribution in [3.8, 4) is 23.0 Å². The third-order valence-electron chi connectivity index (χ3n) is 14.1. The molecule has 8 saturated carbocycles. The van der Waals surface area contributed by atoms with E-state index in [4.69, 9.17) is 18.9 Å². The first kappa shape index (κ1) is 35.6. The van der Waals surface area contributed by atoms with Crippen molar-refractivity contribution in [3.63, 3.8) is 0 Å². The van der Waals surface area contributed by atoms with Crippen molar-refractivity contribution in [3.05, 3.63) is 96.1 Å². The molecule has 0 radical (unpaired) electrons. The molecule has 52 heavy (non-hydrogen) atoms. The fourth-order valence-electron chi connectivity index (χ4n) is 13.3. The summed E-state index contributed by atoms with van der Waals surface area (Å²) in [5.74, 6) is 9.66. The van der Waals surface area contributed by atoms with E-state index in [-0.39, 0.29) is 10.8 Å². The molecule has 2 aromatic rings. The van der Waals surface area contributed by atoms with Crippen LogP contribution in [0.3, 0.4) is 0 Å². The van der Waals surface area contributed by atoms with Gasteiger partial charge in [0.1, 0.15) is 49.4 Å². The molecule has 0 amide bonds. The Bertz CT molecular complexity index is 1590. The molecule has 6 atom stereocenters. The molecule has 4 heteroatoms. The average Bonchev–Trinajstić information content (AvgIpc) is 3.08. The van der Waals surface area contributed by atoms with Gasteiger partial charge in [-0.05, 0) is 174 Å². The molecule has 8 aliphatic carbocycles. The van der Waals surface area contributed by atoms with E-state index < -0.39 is 0 Å². The molecule has 0 heterocycles. The highest BCUT2D eigenvalue weighted by atomic mass is 16.5. The van der Waals surface area contributed by atoms with E-state index in [1.807, 2.05) is 13.8 Å². The van der Waals surface area contributed by atoms with Crippen molar-refractivity contribution in [1.82, 2.24) is 0 Å². The second kappa shape index (κ2) is 13.8. The van der Waals surface area contributed by atoms with Crippen molar-refractivity contribution in [1.29, 1.82) is 0 Å². The van der Waals surface area contributed by atoms with E-state index >= 15 is 0 Å². The lowest BCUT2D eigenvalue weighted by atomic mass is 9.33. The van der Waals surface area contributed by atoms with Gasteiger partial charge in [0.25, 0.3) is 0 Å². The first-order valence-corrected chi connectivity index (χ1v) is 20.3. The van der Waals surface area contributed by atoms with E-state index in [1.54, 1.807) is 0 Å². The number of hydrogen-bond acceptors (Lipinski definition) is 4. The summed E-state index contributed by atoms with van der Waals surface area (Å²) in [7, 11) is 0. The first-order valence-electron chi connectivity index (χ1n) is 20.3. The van der Waals surface area contributed by atoms with Crippen LogP contribution in [0.15, 0.2) is 85.0 Å². The predicted octanol–water partition coefficient (Wildman–Crippen LogP) is 11.6. The van der Waals surface area contributed by atoms with E-state index in [9.17, 15) is 0 Å². The molecule has 278 valence electrons. The minimum absolute atomic E-state index is 0.0857. The van der Waals surface area contributed by atoms with Crippen LogP contribution in [0.1, 0.15) is 103 Å². The molecule has 0 saturated heterocycles. The summed E-state index contributed by atoms with van der Waals surface area (Å²) in [6.45, 7) is 26.8. The Morgan fingerprint density at radius 2 is 0.827 bits per heavy atom. The zero-order valence-electron chi connectivity index (χ0n) is 32.4. The minimum atomic E-state index is 0.0857. The summed E-state index contributed by atoms with van der Waals surface area (Å²) in [6.07, 6.45) is 13.5. The van der Waals surface area contributed by atoms with Crippen LogP contribution in [0, 0.1) is 47.3 Å². The molecule has 0 aliphatic heterocycles. The number of hydrogen-bond donors (Lipinski definition) is 0. The highest BCUT2D eigenvalue weighted by Crippen LogP contribution is 2.74. The van der Waals surface area contributed by atoms with Crippen molar-refractivity contribution >= 4 is 0 Å². The van der Waals surface area contributed by atoms with Gasteiger partial charge in [-0.1, -0.05) is 38.4 Å².